The highest BCUT2D eigenvalue weighted by atomic mass is 16.5. The first kappa shape index (κ1) is 17.5. The van der Waals surface area contributed by atoms with Crippen LogP contribution >= 0.6 is 0 Å². The lowest BCUT2D eigenvalue weighted by Gasteiger charge is -2.07. The minimum Gasteiger partial charge on any atom is -0.489 e. The Morgan fingerprint density at radius 1 is 1.19 bits per heavy atom. The van der Waals surface area contributed by atoms with Crippen LogP contribution in [0.4, 0.5) is 4.79 Å². The van der Waals surface area contributed by atoms with Crippen LogP contribution in [-0.2, 0) is 22.6 Å². The second-order valence-corrected chi connectivity index (χ2v) is 5.79. The van der Waals surface area contributed by atoms with Crippen LogP contribution in [0.1, 0.15) is 11.1 Å². The predicted octanol–water partition coefficient (Wildman–Crippen LogP) is 3.16. The molecule has 0 saturated heterocycles. The molecule has 0 radical (unpaired) electrons. The van der Waals surface area contributed by atoms with Crippen LogP contribution in [-0.4, -0.2) is 30.7 Å². The summed E-state index contributed by atoms with van der Waals surface area (Å²) >= 11 is 0. The summed E-state index contributed by atoms with van der Waals surface area (Å²) in [6.07, 6.45) is 2.65. The number of aromatic nitrogens is 1. The number of fused-ring (bicyclic) bond motifs is 1. The summed E-state index contributed by atoms with van der Waals surface area (Å²) in [5.74, 6) is 0.729. The van der Waals surface area contributed by atoms with Crippen molar-refractivity contribution in [2.75, 3.05) is 13.7 Å². The van der Waals surface area contributed by atoms with Crippen molar-refractivity contribution < 1.29 is 19.1 Å². The normalized spacial score (nSPS) is 10.5. The third-order valence-corrected chi connectivity index (χ3v) is 4.10. The number of rotatable bonds is 7. The Hall–Kier alpha value is -3.28. The second kappa shape index (κ2) is 8.20. The van der Waals surface area contributed by atoms with Gasteiger partial charge in [-0.1, -0.05) is 30.3 Å². The van der Waals surface area contributed by atoms with Crippen molar-refractivity contribution in [1.82, 2.24) is 9.88 Å². The summed E-state index contributed by atoms with van der Waals surface area (Å²) in [7, 11) is 1.32. The fourth-order valence-corrected chi connectivity index (χ4v) is 2.79. The van der Waals surface area contributed by atoms with Gasteiger partial charge >= 0.3 is 6.09 Å². The first-order valence-electron chi connectivity index (χ1n) is 8.28. The maximum atomic E-state index is 11.3. The average Bonchev–Trinajstić information content (AvgIpc) is 3.04. The molecule has 1 heterocycles. The van der Waals surface area contributed by atoms with Crippen molar-refractivity contribution in [3.8, 4) is 5.75 Å². The lowest BCUT2D eigenvalue weighted by atomic mass is 10.1. The van der Waals surface area contributed by atoms with Gasteiger partial charge in [-0.3, -0.25) is 9.36 Å². The van der Waals surface area contributed by atoms with Gasteiger partial charge in [0.15, 0.2) is 0 Å². The highest BCUT2D eigenvalue weighted by molar-refractivity contribution is 5.89. The van der Waals surface area contributed by atoms with Crippen molar-refractivity contribution in [2.24, 2.45) is 0 Å². The minimum absolute atomic E-state index is 0.416. The van der Waals surface area contributed by atoms with Gasteiger partial charge in [0.05, 0.1) is 12.6 Å². The molecule has 2 aromatic carbocycles. The number of amides is 1. The summed E-state index contributed by atoms with van der Waals surface area (Å²) < 4.78 is 12.0. The van der Waals surface area contributed by atoms with E-state index < -0.39 is 6.09 Å². The number of hydrogen-bond acceptors (Lipinski definition) is 4. The van der Waals surface area contributed by atoms with Gasteiger partial charge in [-0.15, -0.1) is 0 Å². The van der Waals surface area contributed by atoms with Crippen LogP contribution in [0.25, 0.3) is 10.9 Å². The van der Waals surface area contributed by atoms with Crippen molar-refractivity contribution >= 4 is 23.4 Å². The molecule has 26 heavy (non-hydrogen) atoms. The van der Waals surface area contributed by atoms with Gasteiger partial charge in [-0.25, -0.2) is 4.79 Å². The highest BCUT2D eigenvalue weighted by Gasteiger charge is 2.10. The lowest BCUT2D eigenvalue weighted by Crippen LogP contribution is -2.25. The Morgan fingerprint density at radius 2 is 2.00 bits per heavy atom. The number of benzene rings is 2. The van der Waals surface area contributed by atoms with E-state index in [9.17, 15) is 9.59 Å². The molecule has 1 amide bonds. The summed E-state index contributed by atoms with van der Waals surface area (Å²) in [5.41, 5.74) is 2.84. The van der Waals surface area contributed by atoms with E-state index in [0.29, 0.717) is 19.6 Å². The van der Waals surface area contributed by atoms with Crippen molar-refractivity contribution in [3.05, 3.63) is 65.9 Å². The molecule has 0 aliphatic rings. The third-order valence-electron chi connectivity index (χ3n) is 4.10. The predicted molar refractivity (Wildman–Crippen MR) is 99.0 cm³/mol. The highest BCUT2D eigenvalue weighted by Crippen LogP contribution is 2.26. The summed E-state index contributed by atoms with van der Waals surface area (Å²) in [6.45, 7) is 0.889. The zero-order valence-corrected chi connectivity index (χ0v) is 14.5. The number of alkyl carbamates (subject to hydrolysis) is 1. The topological polar surface area (TPSA) is 69.6 Å². The molecular formula is C20H20N2O4. The maximum Gasteiger partial charge on any atom is 0.406 e. The Bertz CT molecular complexity index is 903. The molecule has 1 N–H and O–H groups in total. The van der Waals surface area contributed by atoms with Gasteiger partial charge in [0.25, 0.3) is 0 Å². The largest absolute Gasteiger partial charge is 0.489 e. The summed E-state index contributed by atoms with van der Waals surface area (Å²) in [6, 6.07) is 15.6. The van der Waals surface area contributed by atoms with E-state index in [4.69, 9.17) is 4.74 Å². The van der Waals surface area contributed by atoms with Gasteiger partial charge in [-0.2, -0.15) is 0 Å². The van der Waals surface area contributed by atoms with Crippen LogP contribution in [0.2, 0.25) is 0 Å². The molecule has 0 unspecified atom stereocenters. The molecular weight excluding hydrogens is 332 g/mol. The van der Waals surface area contributed by atoms with Crippen LogP contribution in [0.5, 0.6) is 5.75 Å². The molecule has 0 aliphatic heterocycles. The number of nitrogens with one attached hydrogen (secondary N) is 1. The van der Waals surface area contributed by atoms with E-state index in [-0.39, 0.29) is 0 Å². The number of ether oxygens (including phenoxy) is 2. The van der Waals surface area contributed by atoms with E-state index in [1.54, 1.807) is 6.20 Å². The van der Waals surface area contributed by atoms with E-state index >= 15 is 0 Å². The van der Waals surface area contributed by atoms with Crippen molar-refractivity contribution in [2.45, 2.75) is 13.0 Å². The zero-order valence-electron chi connectivity index (χ0n) is 14.5. The fraction of sp³-hybridized carbons (Fsp3) is 0.200. The van der Waals surface area contributed by atoms with Gasteiger partial charge in [0.1, 0.15) is 12.4 Å². The number of methoxy groups -OCH3 is 1. The second-order valence-electron chi connectivity index (χ2n) is 5.79. The molecule has 0 atom stereocenters. The van der Waals surface area contributed by atoms with Crippen LogP contribution in [0, 0.1) is 0 Å². The summed E-state index contributed by atoms with van der Waals surface area (Å²) in [5, 5.41) is 3.57. The summed E-state index contributed by atoms with van der Waals surface area (Å²) in [4.78, 5) is 22.5. The molecule has 0 aliphatic carbocycles. The van der Waals surface area contributed by atoms with Gasteiger partial charge in [-0.05, 0) is 35.7 Å². The van der Waals surface area contributed by atoms with Crippen molar-refractivity contribution in [3.63, 3.8) is 0 Å². The standard InChI is InChI=1S/C20H20N2O4/c1-25-20(24)21-10-9-16-12-22(14-23)19-8-7-17(11-18(16)19)26-13-15-5-3-2-4-6-15/h2-8,11-12,14H,9-10,13H2,1H3,(H,21,24). The van der Waals surface area contributed by atoms with Gasteiger partial charge < -0.3 is 14.8 Å². The molecule has 6 heteroatoms. The number of carbonyl (C=O) groups is 2. The van der Waals surface area contributed by atoms with Crippen LogP contribution in [0.3, 0.4) is 0 Å². The Morgan fingerprint density at radius 3 is 2.73 bits per heavy atom. The Labute approximate surface area is 151 Å². The molecule has 3 rings (SSSR count). The molecule has 134 valence electrons. The van der Waals surface area contributed by atoms with Crippen LogP contribution in [0.15, 0.2) is 54.7 Å². The molecule has 1 aromatic heterocycles. The van der Waals surface area contributed by atoms with E-state index in [1.165, 1.54) is 11.7 Å². The van der Waals surface area contributed by atoms with E-state index in [2.05, 4.69) is 10.1 Å². The SMILES string of the molecule is COC(=O)NCCc1cn(C=O)c2ccc(OCc3ccccc3)cc12. The lowest BCUT2D eigenvalue weighted by molar-refractivity contribution is 0.171. The first-order chi connectivity index (χ1) is 12.7. The smallest absolute Gasteiger partial charge is 0.406 e. The van der Waals surface area contributed by atoms with Crippen LogP contribution < -0.4 is 10.1 Å². The minimum atomic E-state index is -0.476. The molecule has 3 aromatic rings. The number of nitrogens with zero attached hydrogens (tertiary/aromatic N) is 1. The Balaban J connectivity index is 1.78. The van der Waals surface area contributed by atoms with Gasteiger partial charge in [0, 0.05) is 18.1 Å². The van der Waals surface area contributed by atoms with E-state index in [1.807, 2.05) is 48.5 Å². The van der Waals surface area contributed by atoms with Gasteiger partial charge in [0.2, 0.25) is 6.41 Å². The first-order valence-corrected chi connectivity index (χ1v) is 8.28. The molecule has 6 nitrogen and oxygen atoms in total. The number of hydrogen-bond donors (Lipinski definition) is 1. The fourth-order valence-electron chi connectivity index (χ4n) is 2.79. The average molecular weight is 352 g/mol. The molecule has 0 saturated carbocycles. The maximum absolute atomic E-state index is 11.3. The van der Waals surface area contributed by atoms with Crippen molar-refractivity contribution in [1.29, 1.82) is 0 Å². The molecule has 0 spiro atoms. The monoisotopic (exact) mass is 352 g/mol. The third kappa shape index (κ3) is 4.03. The number of carbonyl (C=O) groups excluding carboxylic acids is 2. The molecule has 0 bridgehead atoms. The zero-order chi connectivity index (χ0) is 18.4. The molecule has 0 fully saturated rings. The van der Waals surface area contributed by atoms with E-state index in [0.717, 1.165) is 34.2 Å². The Kier molecular flexibility index (Phi) is 5.53. The quantitative estimate of drug-likeness (QED) is 0.663.